The zero-order chi connectivity index (χ0) is 18.5. The molecule has 2 heterocycles. The number of hydrogen-bond acceptors (Lipinski definition) is 5. The number of fused-ring (bicyclic) bond motifs is 2. The molecule has 2 aliphatic heterocycles. The average Bonchev–Trinajstić information content (AvgIpc) is 2.83. The summed E-state index contributed by atoms with van der Waals surface area (Å²) in [7, 11) is 2.17. The van der Waals surface area contributed by atoms with E-state index in [2.05, 4.69) is 11.9 Å². The van der Waals surface area contributed by atoms with Gasteiger partial charge < -0.3 is 14.4 Å². The molecule has 5 nitrogen and oxygen atoms in total. The van der Waals surface area contributed by atoms with E-state index < -0.39 is 5.92 Å². The summed E-state index contributed by atoms with van der Waals surface area (Å²) >= 11 is 0. The van der Waals surface area contributed by atoms with Crippen molar-refractivity contribution < 1.29 is 19.1 Å². The van der Waals surface area contributed by atoms with E-state index in [9.17, 15) is 9.59 Å². The van der Waals surface area contributed by atoms with Gasteiger partial charge in [-0.25, -0.2) is 0 Å². The van der Waals surface area contributed by atoms with Gasteiger partial charge in [0.15, 0.2) is 0 Å². The van der Waals surface area contributed by atoms with Crippen molar-refractivity contribution in [1.29, 1.82) is 0 Å². The molecule has 0 N–H and O–H groups in total. The van der Waals surface area contributed by atoms with Crippen LogP contribution >= 0.6 is 0 Å². The van der Waals surface area contributed by atoms with Crippen LogP contribution in [-0.4, -0.2) is 48.7 Å². The molecule has 0 aromatic heterocycles. The molecule has 0 saturated carbocycles. The molecule has 0 aliphatic carbocycles. The maximum Gasteiger partial charge on any atom is 0.317 e. The zero-order valence-corrected chi connectivity index (χ0v) is 15.7. The highest BCUT2D eigenvalue weighted by atomic mass is 16.6. The first-order chi connectivity index (χ1) is 12.6. The Bertz CT molecular complexity index is 604. The summed E-state index contributed by atoms with van der Waals surface area (Å²) in [5.41, 5.74) is 0.831. The fraction of sp³-hybridized carbons (Fsp3) is 0.619. The van der Waals surface area contributed by atoms with Crippen LogP contribution in [0.2, 0.25) is 0 Å². The first-order valence-electron chi connectivity index (χ1n) is 9.71. The minimum atomic E-state index is -0.561. The number of rotatable bonds is 7. The van der Waals surface area contributed by atoms with Crippen LogP contribution in [-0.2, 0) is 19.1 Å². The first-order valence-corrected chi connectivity index (χ1v) is 9.71. The Morgan fingerprint density at radius 2 is 1.81 bits per heavy atom. The Balaban J connectivity index is 1.64. The lowest BCUT2D eigenvalue weighted by molar-refractivity contribution is -0.157. The van der Waals surface area contributed by atoms with E-state index in [4.69, 9.17) is 9.47 Å². The van der Waals surface area contributed by atoms with Gasteiger partial charge in [0.25, 0.3) is 0 Å². The second-order valence-electron chi connectivity index (χ2n) is 7.48. The normalized spacial score (nSPS) is 26.3. The van der Waals surface area contributed by atoms with Gasteiger partial charge in [0.05, 0.1) is 0 Å². The van der Waals surface area contributed by atoms with Crippen molar-refractivity contribution in [3.63, 3.8) is 0 Å². The molecule has 26 heavy (non-hydrogen) atoms. The van der Waals surface area contributed by atoms with Gasteiger partial charge in [0.1, 0.15) is 18.6 Å². The number of nitrogens with zero attached hydrogens (tertiary/aromatic N) is 1. The van der Waals surface area contributed by atoms with Gasteiger partial charge in [-0.05, 0) is 44.7 Å². The quantitative estimate of drug-likeness (QED) is 0.699. The minimum Gasteiger partial charge on any atom is -0.464 e. The molecule has 2 saturated heterocycles. The molecule has 0 spiro atoms. The molecule has 5 heteroatoms. The summed E-state index contributed by atoms with van der Waals surface area (Å²) in [6, 6.07) is 10.5. The zero-order valence-electron chi connectivity index (χ0n) is 15.7. The van der Waals surface area contributed by atoms with Crippen LogP contribution in [0.15, 0.2) is 30.3 Å². The molecule has 1 aromatic rings. The van der Waals surface area contributed by atoms with Gasteiger partial charge in [-0.3, -0.25) is 9.59 Å². The number of ether oxygens (including phenoxy) is 2. The highest BCUT2D eigenvalue weighted by Crippen LogP contribution is 2.36. The maximum absolute atomic E-state index is 12.9. The molecule has 0 radical (unpaired) electrons. The second kappa shape index (κ2) is 8.67. The van der Waals surface area contributed by atoms with Crippen LogP contribution in [0.4, 0.5) is 0 Å². The molecule has 2 bridgehead atoms. The third-order valence-electron chi connectivity index (χ3n) is 5.69. The van der Waals surface area contributed by atoms with Crippen LogP contribution in [0.3, 0.4) is 0 Å². The fourth-order valence-electron chi connectivity index (χ4n) is 4.14. The monoisotopic (exact) mass is 359 g/mol. The second-order valence-corrected chi connectivity index (χ2v) is 7.48. The first kappa shape index (κ1) is 18.9. The van der Waals surface area contributed by atoms with E-state index in [0.29, 0.717) is 18.5 Å². The third-order valence-corrected chi connectivity index (χ3v) is 5.69. The van der Waals surface area contributed by atoms with Gasteiger partial charge in [-0.2, -0.15) is 0 Å². The van der Waals surface area contributed by atoms with E-state index in [1.165, 1.54) is 12.8 Å². The Morgan fingerprint density at radius 3 is 2.42 bits per heavy atom. The molecule has 4 atom stereocenters. The topological polar surface area (TPSA) is 55.8 Å². The highest BCUT2D eigenvalue weighted by molar-refractivity contribution is 5.79. The number of benzene rings is 1. The molecule has 142 valence electrons. The Labute approximate surface area is 155 Å². The van der Waals surface area contributed by atoms with E-state index in [1.54, 1.807) is 0 Å². The van der Waals surface area contributed by atoms with Crippen molar-refractivity contribution in [1.82, 2.24) is 4.90 Å². The van der Waals surface area contributed by atoms with Crippen molar-refractivity contribution in [2.45, 2.75) is 69.6 Å². The smallest absolute Gasteiger partial charge is 0.317 e. The van der Waals surface area contributed by atoms with Crippen molar-refractivity contribution in [2.75, 3.05) is 13.7 Å². The summed E-state index contributed by atoms with van der Waals surface area (Å²) < 4.78 is 11.2. The van der Waals surface area contributed by atoms with Crippen LogP contribution in [0.25, 0.3) is 0 Å². The predicted molar refractivity (Wildman–Crippen MR) is 98.7 cm³/mol. The standard InChI is InChI=1S/C21H29NO4/c1-3-7-20(23)25-14-19(15-8-5-4-6-9-15)21(24)26-18-12-16-10-11-17(13-18)22(16)2/h4-6,8-9,16-19H,3,7,10-14H2,1-2H3/t16-,17+,18?,19?. The van der Waals surface area contributed by atoms with Gasteiger partial charge in [0.2, 0.25) is 0 Å². The van der Waals surface area contributed by atoms with Crippen molar-refractivity contribution in [2.24, 2.45) is 0 Å². The number of carbonyl (C=O) groups is 2. The molecular weight excluding hydrogens is 330 g/mol. The molecule has 2 unspecified atom stereocenters. The van der Waals surface area contributed by atoms with Crippen LogP contribution in [0.5, 0.6) is 0 Å². The average molecular weight is 359 g/mol. The molecular formula is C21H29NO4. The molecule has 0 amide bonds. The lowest BCUT2D eigenvalue weighted by Crippen LogP contribution is -2.44. The van der Waals surface area contributed by atoms with Crippen LogP contribution < -0.4 is 0 Å². The minimum absolute atomic E-state index is 0.0336. The van der Waals surface area contributed by atoms with Crippen LogP contribution in [0.1, 0.15) is 56.9 Å². The number of esters is 2. The van der Waals surface area contributed by atoms with Gasteiger partial charge in [-0.15, -0.1) is 0 Å². The summed E-state index contributed by atoms with van der Waals surface area (Å²) in [5.74, 6) is -1.11. The number of carbonyl (C=O) groups excluding carboxylic acids is 2. The van der Waals surface area contributed by atoms with Crippen molar-refractivity contribution >= 4 is 11.9 Å². The largest absolute Gasteiger partial charge is 0.464 e. The molecule has 3 rings (SSSR count). The lowest BCUT2D eigenvalue weighted by atomic mass is 9.98. The van der Waals surface area contributed by atoms with E-state index in [1.807, 2.05) is 37.3 Å². The highest BCUT2D eigenvalue weighted by Gasteiger charge is 2.40. The Morgan fingerprint density at radius 1 is 1.15 bits per heavy atom. The summed E-state index contributed by atoms with van der Waals surface area (Å²) in [6.07, 6.45) is 5.24. The summed E-state index contributed by atoms with van der Waals surface area (Å²) in [6.45, 7) is 1.97. The molecule has 2 fully saturated rings. The van der Waals surface area contributed by atoms with E-state index >= 15 is 0 Å². The van der Waals surface area contributed by atoms with Gasteiger partial charge >= 0.3 is 11.9 Å². The van der Waals surface area contributed by atoms with Gasteiger partial charge in [-0.1, -0.05) is 37.3 Å². The van der Waals surface area contributed by atoms with Crippen molar-refractivity contribution in [3.8, 4) is 0 Å². The maximum atomic E-state index is 12.9. The van der Waals surface area contributed by atoms with E-state index in [-0.39, 0.29) is 24.6 Å². The van der Waals surface area contributed by atoms with Gasteiger partial charge in [0, 0.05) is 18.5 Å². The molecule has 1 aromatic carbocycles. The Hall–Kier alpha value is -1.88. The molecule has 2 aliphatic rings. The number of hydrogen-bond donors (Lipinski definition) is 0. The summed E-state index contributed by atoms with van der Waals surface area (Å²) in [5, 5.41) is 0. The fourth-order valence-corrected chi connectivity index (χ4v) is 4.14. The third kappa shape index (κ3) is 4.44. The van der Waals surface area contributed by atoms with Crippen LogP contribution in [0, 0.1) is 0 Å². The Kier molecular flexibility index (Phi) is 6.30. The van der Waals surface area contributed by atoms with Crippen molar-refractivity contribution in [3.05, 3.63) is 35.9 Å². The lowest BCUT2D eigenvalue weighted by Gasteiger charge is -2.36. The number of piperidine rings is 1. The predicted octanol–water partition coefficient (Wildman–Crippen LogP) is 3.28. The summed E-state index contributed by atoms with van der Waals surface area (Å²) in [4.78, 5) is 27.0. The van der Waals surface area contributed by atoms with E-state index in [0.717, 1.165) is 24.8 Å². The SMILES string of the molecule is CCCC(=O)OCC(C(=O)OC1C[C@H]2CC[C@@H](C1)N2C)c1ccccc1.